The minimum atomic E-state index is -5.33. The normalized spacial score (nSPS) is 12.4. The number of carboxylic acids is 1. The van der Waals surface area contributed by atoms with Gasteiger partial charge in [-0.05, 0) is 22.6 Å². The van der Waals surface area contributed by atoms with E-state index in [-0.39, 0.29) is 6.20 Å². The molecular formula is C8H2F6INO3. The molecule has 0 aliphatic heterocycles. The van der Waals surface area contributed by atoms with Crippen LogP contribution in [-0.4, -0.2) is 22.4 Å². The van der Waals surface area contributed by atoms with Gasteiger partial charge in [0.25, 0.3) is 0 Å². The summed E-state index contributed by atoms with van der Waals surface area (Å²) in [6, 6.07) is 0. The SMILES string of the molecule is O=C(O)c1cnc(C(F)(F)F)c(I)c1OC(F)(F)F. The molecule has 0 unspecified atom stereocenters. The van der Waals surface area contributed by atoms with Gasteiger partial charge in [-0.15, -0.1) is 13.2 Å². The number of nitrogens with zero attached hydrogens (tertiary/aromatic N) is 1. The van der Waals surface area contributed by atoms with Crippen molar-refractivity contribution in [2.75, 3.05) is 0 Å². The summed E-state index contributed by atoms with van der Waals surface area (Å²) < 4.78 is 75.8. The number of ether oxygens (including phenoxy) is 1. The monoisotopic (exact) mass is 401 g/mol. The van der Waals surface area contributed by atoms with Crippen LogP contribution >= 0.6 is 22.6 Å². The Morgan fingerprint density at radius 3 is 2.16 bits per heavy atom. The third kappa shape index (κ3) is 3.84. The second kappa shape index (κ2) is 5.02. The lowest BCUT2D eigenvalue weighted by Crippen LogP contribution is -2.22. The van der Waals surface area contributed by atoms with Crippen molar-refractivity contribution in [3.05, 3.63) is 21.0 Å². The van der Waals surface area contributed by atoms with Crippen molar-refractivity contribution in [1.29, 1.82) is 0 Å². The molecule has 0 saturated heterocycles. The first-order chi connectivity index (χ1) is 8.43. The summed E-state index contributed by atoms with van der Waals surface area (Å²) in [6.45, 7) is 0. The van der Waals surface area contributed by atoms with E-state index in [1.165, 1.54) is 0 Å². The molecule has 0 amide bonds. The highest BCUT2D eigenvalue weighted by Crippen LogP contribution is 2.38. The number of alkyl halides is 6. The molecule has 0 atom stereocenters. The van der Waals surface area contributed by atoms with E-state index in [1.807, 2.05) is 0 Å². The fourth-order valence-corrected chi connectivity index (χ4v) is 1.88. The van der Waals surface area contributed by atoms with Gasteiger partial charge in [0.05, 0.1) is 3.57 Å². The van der Waals surface area contributed by atoms with Crippen LogP contribution < -0.4 is 4.74 Å². The van der Waals surface area contributed by atoms with Crippen molar-refractivity contribution in [2.45, 2.75) is 12.5 Å². The van der Waals surface area contributed by atoms with Crippen LogP contribution in [0.2, 0.25) is 0 Å². The Balaban J connectivity index is 3.49. The van der Waals surface area contributed by atoms with Gasteiger partial charge in [0.15, 0.2) is 11.4 Å². The summed E-state index contributed by atoms with van der Waals surface area (Å²) in [5, 5.41) is 8.61. The average Bonchev–Trinajstić information content (AvgIpc) is 2.16. The van der Waals surface area contributed by atoms with Gasteiger partial charge in [-0.2, -0.15) is 13.2 Å². The second-order valence-electron chi connectivity index (χ2n) is 3.01. The van der Waals surface area contributed by atoms with E-state index in [1.54, 1.807) is 0 Å². The Morgan fingerprint density at radius 1 is 1.26 bits per heavy atom. The first-order valence-electron chi connectivity index (χ1n) is 4.18. The number of rotatable bonds is 2. The van der Waals surface area contributed by atoms with E-state index in [4.69, 9.17) is 5.11 Å². The maximum absolute atomic E-state index is 12.4. The standard InChI is InChI=1S/C8H2F6INO3/c9-7(10,11)5-3(15)4(19-8(12,13)14)2(1-16-5)6(17)18/h1H,(H,17,18). The molecule has 1 rings (SSSR count). The molecule has 0 aromatic carbocycles. The van der Waals surface area contributed by atoms with Gasteiger partial charge in [-0.25, -0.2) is 9.78 Å². The first kappa shape index (κ1) is 15.8. The number of carboxylic acid groups (broad SMARTS) is 1. The predicted molar refractivity (Wildman–Crippen MR) is 55.6 cm³/mol. The van der Waals surface area contributed by atoms with Crippen LogP contribution in [0.3, 0.4) is 0 Å². The van der Waals surface area contributed by atoms with Crippen LogP contribution in [-0.2, 0) is 6.18 Å². The Labute approximate surface area is 114 Å². The van der Waals surface area contributed by atoms with E-state index in [0.717, 1.165) is 22.6 Å². The van der Waals surface area contributed by atoms with Gasteiger partial charge in [-0.1, -0.05) is 0 Å². The minimum absolute atomic E-state index is 0.161. The van der Waals surface area contributed by atoms with E-state index in [2.05, 4.69) is 9.72 Å². The molecule has 0 saturated carbocycles. The molecule has 11 heteroatoms. The molecule has 4 nitrogen and oxygen atoms in total. The van der Waals surface area contributed by atoms with Gasteiger partial charge in [0.1, 0.15) is 5.56 Å². The lowest BCUT2D eigenvalue weighted by molar-refractivity contribution is -0.275. The third-order valence-electron chi connectivity index (χ3n) is 1.69. The Kier molecular flexibility index (Phi) is 4.17. The number of aromatic carboxylic acids is 1. The molecule has 1 N–H and O–H groups in total. The van der Waals surface area contributed by atoms with Crippen molar-refractivity contribution >= 4 is 28.6 Å². The highest BCUT2D eigenvalue weighted by Gasteiger charge is 2.40. The summed E-state index contributed by atoms with van der Waals surface area (Å²) >= 11 is 0.894. The maximum Gasteiger partial charge on any atom is 0.573 e. The number of carbonyl (C=O) groups is 1. The number of halogens is 7. The molecule has 0 radical (unpaired) electrons. The van der Waals surface area contributed by atoms with Gasteiger partial charge in [0.2, 0.25) is 0 Å². The summed E-state index contributed by atoms with van der Waals surface area (Å²) in [4.78, 5) is 13.4. The predicted octanol–water partition coefficient (Wildman–Crippen LogP) is 3.30. The zero-order chi connectivity index (χ0) is 15.0. The van der Waals surface area contributed by atoms with Crippen molar-refractivity contribution in [2.24, 2.45) is 0 Å². The number of hydrogen-bond donors (Lipinski definition) is 1. The van der Waals surface area contributed by atoms with Crippen LogP contribution in [0, 0.1) is 3.57 Å². The summed E-state index contributed by atoms with van der Waals surface area (Å²) in [6.07, 6.45) is -10.2. The zero-order valence-electron chi connectivity index (χ0n) is 8.43. The molecule has 0 aliphatic carbocycles. The van der Waals surface area contributed by atoms with Gasteiger partial charge >= 0.3 is 18.5 Å². The zero-order valence-corrected chi connectivity index (χ0v) is 10.6. The lowest BCUT2D eigenvalue weighted by atomic mass is 10.2. The van der Waals surface area contributed by atoms with E-state index in [9.17, 15) is 31.1 Å². The number of hydrogen-bond acceptors (Lipinski definition) is 3. The summed E-state index contributed by atoms with van der Waals surface area (Å²) in [5.41, 5.74) is -2.77. The van der Waals surface area contributed by atoms with Gasteiger partial charge in [0, 0.05) is 6.20 Å². The quantitative estimate of drug-likeness (QED) is 0.611. The Hall–Kier alpha value is -1.27. The molecule has 19 heavy (non-hydrogen) atoms. The lowest BCUT2D eigenvalue weighted by Gasteiger charge is -2.16. The third-order valence-corrected chi connectivity index (χ3v) is 2.69. The summed E-state index contributed by atoms with van der Waals surface area (Å²) in [7, 11) is 0. The molecule has 106 valence electrons. The summed E-state index contributed by atoms with van der Waals surface area (Å²) in [5.74, 6) is -3.33. The smallest absolute Gasteiger partial charge is 0.477 e. The van der Waals surface area contributed by atoms with E-state index in [0.29, 0.717) is 0 Å². The van der Waals surface area contributed by atoms with Crippen molar-refractivity contribution in [3.63, 3.8) is 0 Å². The van der Waals surface area contributed by atoms with Crippen LogP contribution in [0.25, 0.3) is 0 Å². The molecule has 0 spiro atoms. The van der Waals surface area contributed by atoms with Gasteiger partial charge in [-0.3, -0.25) is 0 Å². The largest absolute Gasteiger partial charge is 0.573 e. The topological polar surface area (TPSA) is 59.4 Å². The molecule has 0 bridgehead atoms. The van der Waals surface area contributed by atoms with Crippen molar-refractivity contribution in [3.8, 4) is 5.75 Å². The van der Waals surface area contributed by atoms with Gasteiger partial charge < -0.3 is 9.84 Å². The van der Waals surface area contributed by atoms with Crippen LogP contribution in [0.1, 0.15) is 16.1 Å². The average molecular weight is 401 g/mol. The molecule has 1 aromatic heterocycles. The van der Waals surface area contributed by atoms with Crippen LogP contribution in [0.15, 0.2) is 6.20 Å². The number of pyridine rings is 1. The number of aromatic nitrogens is 1. The van der Waals surface area contributed by atoms with Crippen molar-refractivity contribution in [1.82, 2.24) is 4.98 Å². The fourth-order valence-electron chi connectivity index (χ4n) is 1.04. The highest BCUT2D eigenvalue weighted by atomic mass is 127. The Morgan fingerprint density at radius 2 is 1.79 bits per heavy atom. The fraction of sp³-hybridized carbons (Fsp3) is 0.250. The molecule has 0 aliphatic rings. The molecule has 1 aromatic rings. The minimum Gasteiger partial charge on any atom is -0.477 e. The van der Waals surface area contributed by atoms with Crippen LogP contribution in [0.5, 0.6) is 5.75 Å². The highest BCUT2D eigenvalue weighted by molar-refractivity contribution is 14.1. The molecule has 0 fully saturated rings. The van der Waals surface area contributed by atoms with E-state index < -0.39 is 39.1 Å². The molecular weight excluding hydrogens is 399 g/mol. The first-order valence-corrected chi connectivity index (χ1v) is 5.26. The molecule has 1 heterocycles. The van der Waals surface area contributed by atoms with Crippen LogP contribution in [0.4, 0.5) is 26.3 Å². The maximum atomic E-state index is 12.4. The van der Waals surface area contributed by atoms with E-state index >= 15 is 0 Å². The Bertz CT molecular complexity index is 512. The van der Waals surface area contributed by atoms with Crippen molar-refractivity contribution < 1.29 is 41.0 Å². The second-order valence-corrected chi connectivity index (χ2v) is 4.09.